The molecule has 2 amide bonds. The first-order valence-corrected chi connectivity index (χ1v) is 11.2. The van der Waals surface area contributed by atoms with Crippen molar-refractivity contribution in [1.29, 1.82) is 0 Å². The first-order valence-electron chi connectivity index (χ1n) is 10.4. The van der Waals surface area contributed by atoms with Crippen LogP contribution in [0.2, 0.25) is 0 Å². The molecule has 32 heavy (non-hydrogen) atoms. The van der Waals surface area contributed by atoms with Crippen molar-refractivity contribution in [1.82, 2.24) is 9.88 Å². The van der Waals surface area contributed by atoms with Gasteiger partial charge in [-0.05, 0) is 24.5 Å². The van der Waals surface area contributed by atoms with Crippen molar-refractivity contribution in [3.63, 3.8) is 0 Å². The molecule has 8 heteroatoms. The second kappa shape index (κ2) is 11.4. The summed E-state index contributed by atoms with van der Waals surface area (Å²) in [5.74, 6) is -0.0841. The van der Waals surface area contributed by atoms with Crippen molar-refractivity contribution in [2.24, 2.45) is 5.73 Å². The fraction of sp³-hybridized carbons (Fsp3) is 0.292. The Morgan fingerprint density at radius 1 is 1.38 bits per heavy atom. The van der Waals surface area contributed by atoms with E-state index in [4.69, 9.17) is 10.5 Å². The zero-order valence-corrected chi connectivity index (χ0v) is 18.8. The van der Waals surface area contributed by atoms with Gasteiger partial charge in [-0.3, -0.25) is 9.78 Å². The number of rotatable bonds is 9. The highest BCUT2D eigenvalue weighted by Gasteiger charge is 2.27. The molecule has 0 radical (unpaired) electrons. The molecule has 0 saturated heterocycles. The molecule has 0 bridgehead atoms. The van der Waals surface area contributed by atoms with E-state index in [1.807, 2.05) is 12.1 Å². The summed E-state index contributed by atoms with van der Waals surface area (Å²) in [4.78, 5) is 31.7. The average molecular weight is 453 g/mol. The van der Waals surface area contributed by atoms with Gasteiger partial charge in [-0.2, -0.15) is 0 Å². The van der Waals surface area contributed by atoms with E-state index in [1.54, 1.807) is 35.5 Å². The van der Waals surface area contributed by atoms with E-state index >= 15 is 0 Å². The van der Waals surface area contributed by atoms with E-state index in [-0.39, 0.29) is 18.6 Å². The van der Waals surface area contributed by atoms with Gasteiger partial charge in [0.1, 0.15) is 6.61 Å². The molecule has 0 aromatic carbocycles. The minimum absolute atomic E-state index is 0.0841. The van der Waals surface area contributed by atoms with E-state index in [0.29, 0.717) is 38.9 Å². The summed E-state index contributed by atoms with van der Waals surface area (Å²) in [5.41, 5.74) is 9.77. The molecule has 0 saturated carbocycles. The number of anilines is 1. The Bertz CT molecular complexity index is 1010. The highest BCUT2D eigenvalue weighted by atomic mass is 32.1. The van der Waals surface area contributed by atoms with Gasteiger partial charge in [0.05, 0.1) is 11.5 Å². The van der Waals surface area contributed by atoms with Crippen LogP contribution in [0.15, 0.2) is 61.5 Å². The Morgan fingerprint density at radius 3 is 2.94 bits per heavy atom. The Morgan fingerprint density at radius 2 is 2.22 bits per heavy atom. The lowest BCUT2D eigenvalue weighted by Crippen LogP contribution is -2.36. The Kier molecular flexibility index (Phi) is 8.35. The van der Waals surface area contributed by atoms with Crippen LogP contribution < -0.4 is 11.1 Å². The first-order chi connectivity index (χ1) is 15.5. The van der Waals surface area contributed by atoms with Crippen molar-refractivity contribution >= 4 is 28.3 Å². The molecule has 2 aromatic rings. The van der Waals surface area contributed by atoms with Crippen LogP contribution in [0.4, 0.5) is 9.80 Å². The summed E-state index contributed by atoms with van der Waals surface area (Å²) in [7, 11) is 0. The summed E-state index contributed by atoms with van der Waals surface area (Å²) in [6.45, 7) is 9.06. The molecule has 0 fully saturated rings. The van der Waals surface area contributed by atoms with Gasteiger partial charge in [-0.1, -0.05) is 43.0 Å². The number of nitrogens with zero attached hydrogens (tertiary/aromatic N) is 2. The molecule has 0 unspecified atom stereocenters. The Balaban J connectivity index is 1.59. The van der Waals surface area contributed by atoms with Crippen LogP contribution in [0, 0.1) is 0 Å². The summed E-state index contributed by atoms with van der Waals surface area (Å²) < 4.78 is 5.43. The van der Waals surface area contributed by atoms with Gasteiger partial charge in [0, 0.05) is 47.9 Å². The molecule has 0 spiro atoms. The molecule has 3 heterocycles. The second-order valence-corrected chi connectivity index (χ2v) is 8.51. The quantitative estimate of drug-likeness (QED) is 0.553. The number of fused-ring (bicyclic) bond motifs is 1. The van der Waals surface area contributed by atoms with Crippen molar-refractivity contribution in [2.75, 3.05) is 11.9 Å². The van der Waals surface area contributed by atoms with Gasteiger partial charge in [0.25, 0.3) is 0 Å². The number of hydrogen-bond donors (Lipinski definition) is 2. The molecule has 0 atom stereocenters. The highest BCUT2D eigenvalue weighted by molar-refractivity contribution is 7.16. The van der Waals surface area contributed by atoms with E-state index in [9.17, 15) is 9.59 Å². The predicted octanol–water partition coefficient (Wildman–Crippen LogP) is 4.31. The van der Waals surface area contributed by atoms with Gasteiger partial charge in [-0.15, -0.1) is 11.3 Å². The third kappa shape index (κ3) is 6.15. The first kappa shape index (κ1) is 23.4. The minimum atomic E-state index is -0.362. The lowest BCUT2D eigenvalue weighted by molar-refractivity contribution is -0.116. The van der Waals surface area contributed by atoms with Crippen LogP contribution in [-0.2, 0) is 35.6 Å². The van der Waals surface area contributed by atoms with E-state index in [1.165, 1.54) is 11.3 Å². The molecule has 168 valence electrons. The fourth-order valence-electron chi connectivity index (χ4n) is 3.41. The van der Waals surface area contributed by atoms with Crippen LogP contribution in [0.3, 0.4) is 0 Å². The number of pyridine rings is 1. The van der Waals surface area contributed by atoms with Crippen molar-refractivity contribution in [3.05, 3.63) is 83.1 Å². The van der Waals surface area contributed by atoms with E-state index < -0.39 is 0 Å². The summed E-state index contributed by atoms with van der Waals surface area (Å²) >= 11 is 1.48. The van der Waals surface area contributed by atoms with Gasteiger partial charge < -0.3 is 20.7 Å². The van der Waals surface area contributed by atoms with Gasteiger partial charge >= 0.3 is 6.09 Å². The van der Waals surface area contributed by atoms with E-state index in [0.717, 1.165) is 32.1 Å². The number of ether oxygens (including phenoxy) is 1. The maximum Gasteiger partial charge on any atom is 0.410 e. The molecule has 3 rings (SSSR count). The normalized spacial score (nSPS) is 13.0. The maximum atomic E-state index is 12.5. The lowest BCUT2D eigenvalue weighted by atomic mass is 10.0. The van der Waals surface area contributed by atoms with Crippen molar-refractivity contribution < 1.29 is 14.3 Å². The monoisotopic (exact) mass is 452 g/mol. The van der Waals surface area contributed by atoms with Crippen LogP contribution in [0.1, 0.15) is 34.4 Å². The molecule has 2 aromatic heterocycles. The van der Waals surface area contributed by atoms with Gasteiger partial charge in [0.2, 0.25) is 5.91 Å². The number of amides is 2. The number of carbonyl (C=O) groups is 2. The summed E-state index contributed by atoms with van der Waals surface area (Å²) in [6, 6.07) is 3.67. The Labute approximate surface area is 192 Å². The molecule has 1 aliphatic heterocycles. The number of aromatic nitrogens is 1. The number of nitrogens with two attached hydrogens (primary N) is 1. The largest absolute Gasteiger partial charge is 0.444 e. The van der Waals surface area contributed by atoms with Gasteiger partial charge in [-0.25, -0.2) is 4.79 Å². The maximum absolute atomic E-state index is 12.5. The molecule has 3 N–H and O–H groups in total. The van der Waals surface area contributed by atoms with Crippen molar-refractivity contribution in [3.8, 4) is 0 Å². The lowest BCUT2D eigenvalue weighted by Gasteiger charge is -2.26. The third-order valence-electron chi connectivity index (χ3n) is 5.11. The number of thiophene rings is 1. The van der Waals surface area contributed by atoms with Crippen LogP contribution in [0.5, 0.6) is 0 Å². The third-order valence-corrected chi connectivity index (χ3v) is 6.28. The van der Waals surface area contributed by atoms with Crippen molar-refractivity contribution in [2.45, 2.75) is 39.0 Å². The fourth-order valence-corrected chi connectivity index (χ4v) is 4.72. The van der Waals surface area contributed by atoms with Crippen LogP contribution in [0.25, 0.3) is 0 Å². The molecule has 7 nitrogen and oxygen atoms in total. The molecular formula is C24H28N4O3S. The topological polar surface area (TPSA) is 97.6 Å². The second-order valence-electron chi connectivity index (χ2n) is 7.40. The highest BCUT2D eigenvalue weighted by Crippen LogP contribution is 2.37. The van der Waals surface area contributed by atoms with Crippen LogP contribution >= 0.6 is 11.3 Å². The summed E-state index contributed by atoms with van der Waals surface area (Å²) in [6.07, 6.45) is 9.88. The standard InChI is InChI=1S/C24H28N4O3S/c1-3-4-6-17(2)8-9-22(29)27-23-20(13-25)19-10-12-28(15-21(19)32-23)24(30)31-16-18-7-5-11-26-14-18/h3-7,11,14H,1-2,8-10,12-13,15-16,25H2,(H,27,29)/b6-4-. The summed E-state index contributed by atoms with van der Waals surface area (Å²) in [5, 5.41) is 3.76. The zero-order valence-electron chi connectivity index (χ0n) is 18.0. The number of hydrogen-bond acceptors (Lipinski definition) is 6. The molecule has 0 aliphatic carbocycles. The van der Waals surface area contributed by atoms with Gasteiger partial charge in [0.15, 0.2) is 0 Å². The minimum Gasteiger partial charge on any atom is -0.444 e. The average Bonchev–Trinajstić information content (AvgIpc) is 3.16. The SMILES string of the molecule is C=C/C=C\C(=C)CCC(=O)Nc1sc2c(c1CN)CCN(C(=O)OCc1cccnc1)C2. The molecular weight excluding hydrogens is 424 g/mol. The number of carbonyl (C=O) groups excluding carboxylic acids is 2. The number of nitrogens with one attached hydrogen (secondary N) is 1. The van der Waals surface area contributed by atoms with E-state index in [2.05, 4.69) is 23.5 Å². The Hall–Kier alpha value is -3.23. The smallest absolute Gasteiger partial charge is 0.410 e. The number of allylic oxidation sites excluding steroid dienone is 4. The predicted molar refractivity (Wildman–Crippen MR) is 127 cm³/mol. The zero-order chi connectivity index (χ0) is 22.9. The molecule has 1 aliphatic rings. The van der Waals surface area contributed by atoms with Crippen LogP contribution in [-0.4, -0.2) is 28.4 Å².